The number of aliphatic hydroxyl groups excluding tert-OH is 1. The van der Waals surface area contributed by atoms with Gasteiger partial charge in [-0.25, -0.2) is 14.8 Å². The molecule has 1 aromatic heterocycles. The number of benzene rings is 2. The molecule has 1 saturated carbocycles. The Morgan fingerprint density at radius 3 is 2.76 bits per heavy atom. The lowest BCUT2D eigenvalue weighted by Crippen LogP contribution is -2.42. The summed E-state index contributed by atoms with van der Waals surface area (Å²) < 4.78 is 5.57. The molecule has 8 nitrogen and oxygen atoms in total. The quantitative estimate of drug-likeness (QED) is 0.383. The minimum absolute atomic E-state index is 0.0523. The van der Waals surface area contributed by atoms with Crippen LogP contribution in [0.15, 0.2) is 42.6 Å². The summed E-state index contributed by atoms with van der Waals surface area (Å²) >= 11 is 0. The summed E-state index contributed by atoms with van der Waals surface area (Å²) in [6, 6.07) is 12.7. The molecular weight excluding hydrogens is 466 g/mol. The number of ether oxygens (including phenoxy) is 1. The van der Waals surface area contributed by atoms with Crippen LogP contribution < -0.4 is 10.6 Å². The van der Waals surface area contributed by atoms with Gasteiger partial charge in [0.2, 0.25) is 5.95 Å². The van der Waals surface area contributed by atoms with E-state index in [4.69, 9.17) is 9.72 Å². The number of hydrogen-bond acceptors (Lipinski definition) is 7. The van der Waals surface area contributed by atoms with E-state index in [9.17, 15) is 9.90 Å². The molecule has 2 heterocycles. The molecule has 8 heteroatoms. The number of nitrogens with one attached hydrogen (secondary N) is 2. The van der Waals surface area contributed by atoms with Crippen molar-refractivity contribution in [3.63, 3.8) is 0 Å². The average Bonchev–Trinajstić information content (AvgIpc) is 3.54. The fraction of sp³-hybridized carbons (Fsp3) is 0.483. The predicted octanol–water partition coefficient (Wildman–Crippen LogP) is 5.16. The zero-order valence-electron chi connectivity index (χ0n) is 22.1. The molecule has 37 heavy (non-hydrogen) atoms. The van der Waals surface area contributed by atoms with Crippen molar-refractivity contribution in [2.75, 3.05) is 18.4 Å². The fourth-order valence-corrected chi connectivity index (χ4v) is 4.79. The fourth-order valence-electron chi connectivity index (χ4n) is 4.79. The normalized spacial score (nSPS) is 18.7. The van der Waals surface area contributed by atoms with Crippen LogP contribution in [0.2, 0.25) is 0 Å². The van der Waals surface area contributed by atoms with E-state index in [1.807, 2.05) is 39.1 Å². The van der Waals surface area contributed by atoms with E-state index >= 15 is 0 Å². The minimum atomic E-state index is -0.657. The molecule has 2 fully saturated rings. The Morgan fingerprint density at radius 2 is 2.00 bits per heavy atom. The zero-order chi connectivity index (χ0) is 26.2. The molecule has 1 saturated heterocycles. The third-order valence-electron chi connectivity index (χ3n) is 6.94. The molecule has 0 spiro atoms. The number of amides is 1. The van der Waals surface area contributed by atoms with Gasteiger partial charge in [-0.05, 0) is 93.8 Å². The Morgan fingerprint density at radius 1 is 1.19 bits per heavy atom. The molecule has 2 aliphatic rings. The van der Waals surface area contributed by atoms with Crippen molar-refractivity contribution in [3.8, 4) is 11.1 Å². The Kier molecular flexibility index (Phi) is 7.05. The Hall–Kier alpha value is -3.23. The molecule has 2 aromatic carbocycles. The molecule has 1 aliphatic heterocycles. The van der Waals surface area contributed by atoms with Gasteiger partial charge in [0, 0.05) is 30.7 Å². The molecule has 5 rings (SSSR count). The highest BCUT2D eigenvalue weighted by atomic mass is 16.6. The van der Waals surface area contributed by atoms with Crippen molar-refractivity contribution in [1.29, 1.82) is 0 Å². The highest BCUT2D eigenvalue weighted by molar-refractivity contribution is 5.85. The second kappa shape index (κ2) is 10.3. The van der Waals surface area contributed by atoms with E-state index in [0.29, 0.717) is 25.1 Å². The van der Waals surface area contributed by atoms with E-state index in [1.165, 1.54) is 0 Å². The summed E-state index contributed by atoms with van der Waals surface area (Å²) in [4.78, 5) is 23.6. The first-order chi connectivity index (χ1) is 17.7. The summed E-state index contributed by atoms with van der Waals surface area (Å²) in [6.45, 7) is 9.02. The number of fused-ring (bicyclic) bond motifs is 1. The van der Waals surface area contributed by atoms with E-state index in [0.717, 1.165) is 58.8 Å². The Balaban J connectivity index is 1.28. The molecular formula is C29H37N5O3. The lowest BCUT2D eigenvalue weighted by Gasteiger charge is -2.28. The number of aryl methyl sites for hydroxylation is 1. The number of hydrogen-bond donors (Lipinski definition) is 3. The van der Waals surface area contributed by atoms with Crippen molar-refractivity contribution in [2.45, 2.75) is 77.3 Å². The number of nitrogens with zero attached hydrogens (tertiary/aromatic N) is 3. The van der Waals surface area contributed by atoms with Crippen LogP contribution in [0, 0.1) is 6.92 Å². The first-order valence-electron chi connectivity index (χ1n) is 13.2. The smallest absolute Gasteiger partial charge is 0.410 e. The molecule has 2 atom stereocenters. The van der Waals surface area contributed by atoms with E-state index in [2.05, 4.69) is 46.8 Å². The second-order valence-corrected chi connectivity index (χ2v) is 11.2. The number of likely N-dealkylation sites (tertiary alicyclic amines) is 1. The molecule has 3 aromatic rings. The number of rotatable bonds is 7. The molecule has 3 N–H and O–H groups in total. The van der Waals surface area contributed by atoms with Gasteiger partial charge in [-0.1, -0.05) is 18.2 Å². The Bertz CT molecular complexity index is 1280. The predicted molar refractivity (Wildman–Crippen MR) is 145 cm³/mol. The van der Waals surface area contributed by atoms with Crippen LogP contribution in [-0.2, 0) is 4.74 Å². The van der Waals surface area contributed by atoms with Gasteiger partial charge in [0.25, 0.3) is 0 Å². The summed E-state index contributed by atoms with van der Waals surface area (Å²) in [6.07, 6.45) is 5.04. The Labute approximate surface area is 218 Å². The van der Waals surface area contributed by atoms with Crippen molar-refractivity contribution < 1.29 is 14.6 Å². The molecule has 1 amide bonds. The second-order valence-electron chi connectivity index (χ2n) is 11.2. The van der Waals surface area contributed by atoms with Crippen LogP contribution in [-0.4, -0.2) is 56.8 Å². The highest BCUT2D eigenvalue weighted by Crippen LogP contribution is 2.30. The summed E-state index contributed by atoms with van der Waals surface area (Å²) in [5.74, 6) is 0.545. The van der Waals surface area contributed by atoms with Crippen LogP contribution >= 0.6 is 0 Å². The van der Waals surface area contributed by atoms with E-state index < -0.39 is 11.8 Å². The number of aromatic nitrogens is 2. The summed E-state index contributed by atoms with van der Waals surface area (Å²) in [5.41, 5.74) is 4.50. The third-order valence-corrected chi connectivity index (χ3v) is 6.94. The minimum Gasteiger partial charge on any atom is -0.444 e. The largest absolute Gasteiger partial charge is 0.444 e. The molecule has 196 valence electrons. The molecule has 0 bridgehead atoms. The SMILES string of the molecule is Cc1ccc(C(O)NC2CC2)cc1-c1ccc2nc(NC[C@H]3CCCN3C(=O)OC(C)(C)C)ncc2c1. The van der Waals surface area contributed by atoms with Crippen LogP contribution in [0.5, 0.6) is 0 Å². The first kappa shape index (κ1) is 25.4. The summed E-state index contributed by atoms with van der Waals surface area (Å²) in [5, 5.41) is 18.1. The maximum atomic E-state index is 12.6. The monoisotopic (exact) mass is 503 g/mol. The van der Waals surface area contributed by atoms with Gasteiger partial charge in [0.05, 0.1) is 11.6 Å². The van der Waals surface area contributed by atoms with E-state index in [1.54, 1.807) is 4.90 Å². The zero-order valence-corrected chi connectivity index (χ0v) is 22.1. The van der Waals surface area contributed by atoms with Gasteiger partial charge in [-0.3, -0.25) is 5.32 Å². The van der Waals surface area contributed by atoms with Crippen molar-refractivity contribution in [1.82, 2.24) is 20.2 Å². The van der Waals surface area contributed by atoms with Gasteiger partial charge in [0.1, 0.15) is 11.8 Å². The van der Waals surface area contributed by atoms with Crippen LogP contribution in [0.3, 0.4) is 0 Å². The average molecular weight is 504 g/mol. The van der Waals surface area contributed by atoms with Gasteiger partial charge >= 0.3 is 6.09 Å². The van der Waals surface area contributed by atoms with Crippen LogP contribution in [0.25, 0.3) is 22.0 Å². The molecule has 0 radical (unpaired) electrons. The molecule has 1 unspecified atom stereocenters. The highest BCUT2D eigenvalue weighted by Gasteiger charge is 2.32. The van der Waals surface area contributed by atoms with E-state index in [-0.39, 0.29) is 12.1 Å². The van der Waals surface area contributed by atoms with Crippen molar-refractivity contribution in [3.05, 3.63) is 53.7 Å². The maximum absolute atomic E-state index is 12.6. The maximum Gasteiger partial charge on any atom is 0.410 e. The van der Waals surface area contributed by atoms with Gasteiger partial charge in [0.15, 0.2) is 0 Å². The van der Waals surface area contributed by atoms with Gasteiger partial charge < -0.3 is 20.1 Å². The summed E-state index contributed by atoms with van der Waals surface area (Å²) in [7, 11) is 0. The topological polar surface area (TPSA) is 99.6 Å². The van der Waals surface area contributed by atoms with Crippen molar-refractivity contribution in [2.24, 2.45) is 0 Å². The van der Waals surface area contributed by atoms with Crippen LogP contribution in [0.1, 0.15) is 63.8 Å². The number of anilines is 1. The lowest BCUT2D eigenvalue weighted by atomic mass is 9.96. The van der Waals surface area contributed by atoms with Gasteiger partial charge in [-0.2, -0.15) is 0 Å². The number of aliphatic hydroxyl groups is 1. The van der Waals surface area contributed by atoms with Crippen molar-refractivity contribution >= 4 is 22.9 Å². The number of carbonyl (C=O) groups excluding carboxylic acids is 1. The molecule has 1 aliphatic carbocycles. The number of carbonyl (C=O) groups is 1. The third kappa shape index (κ3) is 6.19. The van der Waals surface area contributed by atoms with Gasteiger partial charge in [-0.15, -0.1) is 0 Å². The first-order valence-corrected chi connectivity index (χ1v) is 13.2. The van der Waals surface area contributed by atoms with Crippen LogP contribution in [0.4, 0.5) is 10.7 Å². The lowest BCUT2D eigenvalue weighted by molar-refractivity contribution is 0.0235. The standard InChI is InChI=1S/C29H37N5O3/c1-18-7-8-20(26(35)32-22-10-11-22)15-24(18)19-9-12-25-21(14-19)16-30-27(33-25)31-17-23-6-5-13-34(23)28(36)37-29(2,3)4/h7-9,12,14-16,22-23,26,32,35H,5-6,10-11,13,17H2,1-4H3,(H,30,31,33)/t23-,26?/m1/s1.